The molecule has 5 nitrogen and oxygen atoms in total. The number of H-pyrrole nitrogens is 1. The lowest BCUT2D eigenvalue weighted by molar-refractivity contribution is 0.0989. The van der Waals surface area contributed by atoms with Crippen molar-refractivity contribution < 1.29 is 13.6 Å². The summed E-state index contributed by atoms with van der Waals surface area (Å²) >= 11 is 0. The van der Waals surface area contributed by atoms with Crippen LogP contribution >= 0.6 is 0 Å². The fourth-order valence-electron chi connectivity index (χ4n) is 3.56. The van der Waals surface area contributed by atoms with Crippen LogP contribution in [0.1, 0.15) is 40.0 Å². The number of hydrogen-bond acceptors (Lipinski definition) is 3. The number of hydrogen-bond donors (Lipinski definition) is 1. The van der Waals surface area contributed by atoms with Crippen LogP contribution in [0.25, 0.3) is 10.9 Å². The number of alkyl halides is 2. The molecule has 7 heteroatoms. The lowest BCUT2D eigenvalue weighted by atomic mass is 10.1. The number of rotatable bonds is 9. The van der Waals surface area contributed by atoms with Crippen molar-refractivity contribution in [3.63, 3.8) is 0 Å². The number of Topliss-reactive ketones (excluding diaryl/α,β-unsaturated/α-hetero) is 1. The molecule has 0 atom stereocenters. The predicted octanol–water partition coefficient (Wildman–Crippen LogP) is 4.82. The van der Waals surface area contributed by atoms with Gasteiger partial charge in [-0.1, -0.05) is 42.5 Å². The molecule has 30 heavy (non-hydrogen) atoms. The number of ketones is 1. The molecule has 0 radical (unpaired) electrons. The van der Waals surface area contributed by atoms with Gasteiger partial charge in [0.05, 0.1) is 18.3 Å². The molecule has 0 aliphatic heterocycles. The van der Waals surface area contributed by atoms with E-state index in [9.17, 15) is 13.6 Å². The summed E-state index contributed by atoms with van der Waals surface area (Å²) in [6.07, 6.45) is 2.55. The maximum atomic E-state index is 12.7. The van der Waals surface area contributed by atoms with Gasteiger partial charge in [0, 0.05) is 24.4 Å². The first-order valence-corrected chi connectivity index (χ1v) is 9.92. The molecule has 0 bridgehead atoms. The van der Waals surface area contributed by atoms with Gasteiger partial charge in [-0.05, 0) is 35.6 Å². The topological polar surface area (TPSA) is 63.6 Å². The zero-order valence-electron chi connectivity index (χ0n) is 16.4. The number of benzene rings is 2. The van der Waals surface area contributed by atoms with Gasteiger partial charge in [0.2, 0.25) is 6.43 Å². The molecule has 0 unspecified atom stereocenters. The molecule has 2 aromatic heterocycles. The molecule has 0 saturated carbocycles. The molecule has 154 valence electrons. The molecule has 0 aliphatic carbocycles. The maximum Gasteiger partial charge on any atom is 0.238 e. The summed E-state index contributed by atoms with van der Waals surface area (Å²) in [5.41, 5.74) is 4.19. The van der Waals surface area contributed by atoms with Crippen LogP contribution in [0.15, 0.2) is 60.9 Å². The minimum atomic E-state index is -2.25. The number of para-hydroxylation sites is 1. The number of fused-ring (bicyclic) bond motifs is 1. The van der Waals surface area contributed by atoms with E-state index in [4.69, 9.17) is 0 Å². The predicted molar refractivity (Wildman–Crippen MR) is 111 cm³/mol. The Kier molecular flexibility index (Phi) is 5.97. The third-order valence-corrected chi connectivity index (χ3v) is 5.01. The SMILES string of the molecule is O=C(Cc1cnn(Cc2cccc(CCCC(F)F)c2)c1)c1n[nH]c2ccccc12. The summed E-state index contributed by atoms with van der Waals surface area (Å²) < 4.78 is 26.4. The number of halogens is 2. The zero-order valence-corrected chi connectivity index (χ0v) is 16.4. The molecule has 1 N–H and O–H groups in total. The smallest absolute Gasteiger partial charge is 0.238 e. The quantitative estimate of drug-likeness (QED) is 0.404. The third-order valence-electron chi connectivity index (χ3n) is 5.01. The number of nitrogens with zero attached hydrogens (tertiary/aromatic N) is 3. The van der Waals surface area contributed by atoms with Crippen LogP contribution in [0, 0.1) is 0 Å². The molecule has 0 fully saturated rings. The first-order chi connectivity index (χ1) is 14.6. The zero-order chi connectivity index (χ0) is 20.9. The minimum absolute atomic E-state index is 0.0620. The van der Waals surface area contributed by atoms with Crippen molar-refractivity contribution >= 4 is 16.7 Å². The van der Waals surface area contributed by atoms with Gasteiger partial charge in [0.15, 0.2) is 5.78 Å². The second-order valence-corrected chi connectivity index (χ2v) is 7.37. The van der Waals surface area contributed by atoms with Gasteiger partial charge in [-0.25, -0.2) is 8.78 Å². The molecule has 4 rings (SSSR count). The Balaban J connectivity index is 1.39. The normalized spacial score (nSPS) is 11.4. The molecular formula is C23H22F2N4O. The van der Waals surface area contributed by atoms with E-state index in [1.807, 2.05) is 54.7 Å². The van der Waals surface area contributed by atoms with E-state index in [2.05, 4.69) is 15.3 Å². The molecule has 2 aromatic carbocycles. The van der Waals surface area contributed by atoms with Crippen LogP contribution in [0.5, 0.6) is 0 Å². The molecule has 0 aliphatic rings. The van der Waals surface area contributed by atoms with E-state index >= 15 is 0 Å². The molecule has 0 spiro atoms. The molecular weight excluding hydrogens is 386 g/mol. The average Bonchev–Trinajstić information content (AvgIpc) is 3.35. The van der Waals surface area contributed by atoms with Crippen LogP contribution < -0.4 is 0 Å². The fraction of sp³-hybridized carbons (Fsp3) is 0.261. The van der Waals surface area contributed by atoms with Crippen molar-refractivity contribution in [2.45, 2.75) is 38.7 Å². The van der Waals surface area contributed by atoms with Crippen molar-refractivity contribution in [2.75, 3.05) is 0 Å². The summed E-state index contributed by atoms with van der Waals surface area (Å²) in [6, 6.07) is 15.4. The highest BCUT2D eigenvalue weighted by atomic mass is 19.3. The van der Waals surface area contributed by atoms with Crippen LogP contribution in [0.3, 0.4) is 0 Å². The number of aromatic amines is 1. The number of carbonyl (C=O) groups excluding carboxylic acids is 1. The monoisotopic (exact) mass is 408 g/mol. The van der Waals surface area contributed by atoms with Gasteiger partial charge in [-0.3, -0.25) is 14.6 Å². The first kappa shape index (κ1) is 19.9. The fourth-order valence-corrected chi connectivity index (χ4v) is 3.56. The summed E-state index contributed by atoms with van der Waals surface area (Å²) in [6.45, 7) is 0.558. The Bertz CT molecular complexity index is 1150. The Labute approximate surface area is 172 Å². The van der Waals surface area contributed by atoms with Gasteiger partial charge in [0.25, 0.3) is 0 Å². The van der Waals surface area contributed by atoms with E-state index in [0.717, 1.165) is 27.6 Å². The highest BCUT2D eigenvalue weighted by molar-refractivity contribution is 6.06. The highest BCUT2D eigenvalue weighted by Gasteiger charge is 2.15. The van der Waals surface area contributed by atoms with Gasteiger partial charge in [0.1, 0.15) is 5.69 Å². The largest absolute Gasteiger partial charge is 0.292 e. The summed E-state index contributed by atoms with van der Waals surface area (Å²) in [7, 11) is 0. The summed E-state index contributed by atoms with van der Waals surface area (Å²) in [5, 5.41) is 12.2. The molecule has 0 amide bonds. The third kappa shape index (κ3) is 4.79. The van der Waals surface area contributed by atoms with Crippen molar-refractivity contribution in [1.82, 2.24) is 20.0 Å². The van der Waals surface area contributed by atoms with Crippen molar-refractivity contribution in [3.8, 4) is 0 Å². The average molecular weight is 408 g/mol. The Morgan fingerprint density at radius 3 is 2.77 bits per heavy atom. The van der Waals surface area contributed by atoms with Crippen molar-refractivity contribution in [3.05, 3.63) is 83.3 Å². The van der Waals surface area contributed by atoms with Gasteiger partial charge >= 0.3 is 0 Å². The second-order valence-electron chi connectivity index (χ2n) is 7.37. The van der Waals surface area contributed by atoms with Crippen LogP contribution in [-0.2, 0) is 19.4 Å². The van der Waals surface area contributed by atoms with E-state index in [0.29, 0.717) is 25.1 Å². The maximum absolute atomic E-state index is 12.7. The number of carbonyl (C=O) groups is 1. The van der Waals surface area contributed by atoms with Crippen molar-refractivity contribution in [1.29, 1.82) is 0 Å². The Morgan fingerprint density at radius 2 is 1.90 bits per heavy atom. The Morgan fingerprint density at radius 1 is 1.07 bits per heavy atom. The Hall–Kier alpha value is -3.35. The van der Waals surface area contributed by atoms with Gasteiger partial charge in [-0.2, -0.15) is 10.2 Å². The van der Waals surface area contributed by atoms with E-state index in [1.165, 1.54) is 0 Å². The van der Waals surface area contributed by atoms with Crippen LogP contribution in [-0.4, -0.2) is 32.2 Å². The number of nitrogens with one attached hydrogen (secondary N) is 1. The molecule has 2 heterocycles. The lowest BCUT2D eigenvalue weighted by Crippen LogP contribution is -2.04. The summed E-state index contributed by atoms with van der Waals surface area (Å²) in [4.78, 5) is 12.7. The van der Waals surface area contributed by atoms with E-state index in [-0.39, 0.29) is 18.6 Å². The number of aryl methyl sites for hydroxylation is 1. The van der Waals surface area contributed by atoms with Gasteiger partial charge in [-0.15, -0.1) is 0 Å². The molecule has 0 saturated heterocycles. The highest BCUT2D eigenvalue weighted by Crippen LogP contribution is 2.17. The molecule has 4 aromatic rings. The van der Waals surface area contributed by atoms with E-state index < -0.39 is 6.43 Å². The first-order valence-electron chi connectivity index (χ1n) is 9.92. The standard InChI is InChI=1S/C23H22F2N4O/c24-22(25)10-4-6-16-5-3-7-17(11-16)14-29-15-18(13-26-29)12-21(30)23-19-8-1-2-9-20(19)27-28-23/h1-3,5,7-9,11,13,15,22H,4,6,10,12,14H2,(H,27,28). The second kappa shape index (κ2) is 8.98. The van der Waals surface area contributed by atoms with Gasteiger partial charge < -0.3 is 0 Å². The van der Waals surface area contributed by atoms with Crippen LogP contribution in [0.4, 0.5) is 8.78 Å². The van der Waals surface area contributed by atoms with E-state index in [1.54, 1.807) is 10.9 Å². The minimum Gasteiger partial charge on any atom is -0.292 e. The lowest BCUT2D eigenvalue weighted by Gasteiger charge is -2.06. The van der Waals surface area contributed by atoms with Crippen molar-refractivity contribution in [2.24, 2.45) is 0 Å². The van der Waals surface area contributed by atoms with Crippen LogP contribution in [0.2, 0.25) is 0 Å². The number of aromatic nitrogens is 4. The summed E-state index contributed by atoms with van der Waals surface area (Å²) in [5.74, 6) is -0.0620.